The van der Waals surface area contributed by atoms with Gasteiger partial charge in [-0.3, -0.25) is 4.79 Å². The van der Waals surface area contributed by atoms with Crippen molar-refractivity contribution in [2.24, 2.45) is 11.8 Å². The first-order chi connectivity index (χ1) is 9.79. The number of carbonyl (C=O) groups excluding carboxylic acids is 1. The van der Waals surface area contributed by atoms with E-state index < -0.39 is 0 Å². The molecule has 0 radical (unpaired) electrons. The quantitative estimate of drug-likeness (QED) is 0.878. The molecule has 4 heteroatoms. The number of hydrogen-bond acceptors (Lipinski definition) is 3. The summed E-state index contributed by atoms with van der Waals surface area (Å²) in [5.74, 6) is 2.20. The minimum atomic E-state index is -0.00259. The summed E-state index contributed by atoms with van der Waals surface area (Å²) < 4.78 is 5.31. The van der Waals surface area contributed by atoms with Gasteiger partial charge in [0.1, 0.15) is 5.75 Å². The van der Waals surface area contributed by atoms with Crippen molar-refractivity contribution in [1.82, 2.24) is 10.6 Å². The molecule has 1 saturated heterocycles. The van der Waals surface area contributed by atoms with Crippen molar-refractivity contribution in [3.05, 3.63) is 29.8 Å². The molecule has 4 nitrogen and oxygen atoms in total. The summed E-state index contributed by atoms with van der Waals surface area (Å²) in [7, 11) is 1.66. The van der Waals surface area contributed by atoms with Gasteiger partial charge in [0.2, 0.25) is 5.91 Å². The highest BCUT2D eigenvalue weighted by atomic mass is 16.5. The molecule has 0 bridgehead atoms. The van der Waals surface area contributed by atoms with Crippen LogP contribution in [0.4, 0.5) is 0 Å². The molecule has 108 valence electrons. The van der Waals surface area contributed by atoms with Crippen LogP contribution in [0.3, 0.4) is 0 Å². The van der Waals surface area contributed by atoms with Crippen molar-refractivity contribution in [3.63, 3.8) is 0 Å². The molecule has 1 heterocycles. The van der Waals surface area contributed by atoms with E-state index in [9.17, 15) is 4.79 Å². The molecule has 1 amide bonds. The number of hydrogen-bond donors (Lipinski definition) is 2. The van der Waals surface area contributed by atoms with Crippen LogP contribution in [0.25, 0.3) is 0 Å². The number of nitrogens with one attached hydrogen (secondary N) is 2. The number of methoxy groups -OCH3 is 1. The summed E-state index contributed by atoms with van der Waals surface area (Å²) in [5.41, 5.74) is 1.02. The number of fused-ring (bicyclic) bond motifs is 1. The monoisotopic (exact) mass is 274 g/mol. The molecular formula is C16H22N2O2. The number of ether oxygens (including phenoxy) is 1. The fraction of sp³-hybridized carbons (Fsp3) is 0.562. The third-order valence-electron chi connectivity index (χ3n) is 4.67. The standard InChI is InChI=1S/C16H22N2O2/c1-20-14-8-3-2-5-12(14)10-18-16(19)15-13-7-4-6-11(13)9-17-15/h2-3,5,8,11,13,15,17H,4,6-7,9-10H2,1H3,(H,18,19). The van der Waals surface area contributed by atoms with E-state index in [0.29, 0.717) is 18.4 Å². The van der Waals surface area contributed by atoms with E-state index in [1.807, 2.05) is 24.3 Å². The second-order valence-electron chi connectivity index (χ2n) is 5.77. The predicted octanol–water partition coefficient (Wildman–Crippen LogP) is 1.70. The van der Waals surface area contributed by atoms with Crippen molar-refractivity contribution < 1.29 is 9.53 Å². The Hall–Kier alpha value is -1.55. The predicted molar refractivity (Wildman–Crippen MR) is 77.5 cm³/mol. The van der Waals surface area contributed by atoms with Crippen LogP contribution in [0, 0.1) is 11.8 Å². The van der Waals surface area contributed by atoms with Gasteiger partial charge < -0.3 is 15.4 Å². The summed E-state index contributed by atoms with van der Waals surface area (Å²) in [6, 6.07) is 7.80. The Balaban J connectivity index is 1.59. The van der Waals surface area contributed by atoms with Gasteiger partial charge in [-0.05, 0) is 37.3 Å². The average Bonchev–Trinajstić information content (AvgIpc) is 3.07. The van der Waals surface area contributed by atoms with Crippen molar-refractivity contribution >= 4 is 5.91 Å². The molecule has 3 atom stereocenters. The third kappa shape index (κ3) is 2.52. The number of rotatable bonds is 4. The van der Waals surface area contributed by atoms with E-state index in [-0.39, 0.29) is 11.9 Å². The smallest absolute Gasteiger partial charge is 0.237 e. The van der Waals surface area contributed by atoms with Crippen molar-refractivity contribution in [1.29, 1.82) is 0 Å². The number of carbonyl (C=O) groups is 1. The highest BCUT2D eigenvalue weighted by molar-refractivity contribution is 5.82. The molecule has 1 aliphatic heterocycles. The van der Waals surface area contributed by atoms with Crippen molar-refractivity contribution in [2.75, 3.05) is 13.7 Å². The molecule has 2 aliphatic rings. The van der Waals surface area contributed by atoms with Gasteiger partial charge in [0, 0.05) is 12.1 Å². The Bertz CT molecular complexity index is 489. The first kappa shape index (κ1) is 13.4. The van der Waals surface area contributed by atoms with Crippen LogP contribution < -0.4 is 15.4 Å². The maximum absolute atomic E-state index is 12.3. The molecule has 0 spiro atoms. The van der Waals surface area contributed by atoms with Crippen molar-refractivity contribution in [2.45, 2.75) is 31.8 Å². The Morgan fingerprint density at radius 3 is 3.10 bits per heavy atom. The van der Waals surface area contributed by atoms with Crippen LogP contribution in [-0.2, 0) is 11.3 Å². The molecular weight excluding hydrogens is 252 g/mol. The first-order valence-electron chi connectivity index (χ1n) is 7.42. The lowest BCUT2D eigenvalue weighted by Crippen LogP contribution is -2.43. The van der Waals surface area contributed by atoms with Gasteiger partial charge in [0.05, 0.1) is 13.2 Å². The minimum Gasteiger partial charge on any atom is -0.496 e. The first-order valence-corrected chi connectivity index (χ1v) is 7.42. The zero-order valence-electron chi connectivity index (χ0n) is 11.9. The van der Waals surface area contributed by atoms with Gasteiger partial charge in [0.15, 0.2) is 0 Å². The lowest BCUT2D eigenvalue weighted by atomic mass is 9.93. The average molecular weight is 274 g/mol. The van der Waals surface area contributed by atoms with E-state index in [1.165, 1.54) is 19.3 Å². The summed E-state index contributed by atoms with van der Waals surface area (Å²) in [4.78, 5) is 12.3. The molecule has 1 aliphatic carbocycles. The van der Waals surface area contributed by atoms with Crippen LogP contribution >= 0.6 is 0 Å². The maximum Gasteiger partial charge on any atom is 0.237 e. The van der Waals surface area contributed by atoms with Gasteiger partial charge in [-0.15, -0.1) is 0 Å². The zero-order chi connectivity index (χ0) is 13.9. The van der Waals surface area contributed by atoms with Crippen LogP contribution in [0.5, 0.6) is 5.75 Å². The third-order valence-corrected chi connectivity index (χ3v) is 4.67. The van der Waals surface area contributed by atoms with Crippen LogP contribution in [-0.4, -0.2) is 25.6 Å². The van der Waals surface area contributed by atoms with Gasteiger partial charge in [-0.2, -0.15) is 0 Å². The molecule has 1 saturated carbocycles. The minimum absolute atomic E-state index is 0.00259. The van der Waals surface area contributed by atoms with E-state index in [1.54, 1.807) is 7.11 Å². The summed E-state index contributed by atoms with van der Waals surface area (Å²) in [6.07, 6.45) is 3.73. The fourth-order valence-corrected chi connectivity index (χ4v) is 3.62. The van der Waals surface area contributed by atoms with E-state index in [2.05, 4.69) is 10.6 Å². The van der Waals surface area contributed by atoms with Gasteiger partial charge >= 0.3 is 0 Å². The lowest BCUT2D eigenvalue weighted by Gasteiger charge is -2.18. The number of benzene rings is 1. The molecule has 3 rings (SSSR count). The van der Waals surface area contributed by atoms with Crippen LogP contribution in [0.15, 0.2) is 24.3 Å². The normalized spacial score (nSPS) is 28.1. The molecule has 20 heavy (non-hydrogen) atoms. The van der Waals surface area contributed by atoms with Gasteiger partial charge in [-0.25, -0.2) is 0 Å². The molecule has 3 unspecified atom stereocenters. The highest BCUT2D eigenvalue weighted by Gasteiger charge is 2.42. The molecule has 2 N–H and O–H groups in total. The second kappa shape index (κ2) is 5.83. The fourth-order valence-electron chi connectivity index (χ4n) is 3.62. The van der Waals surface area contributed by atoms with Gasteiger partial charge in [0.25, 0.3) is 0 Å². The topological polar surface area (TPSA) is 50.4 Å². The zero-order valence-corrected chi connectivity index (χ0v) is 11.9. The lowest BCUT2D eigenvalue weighted by molar-refractivity contribution is -0.123. The summed E-state index contributed by atoms with van der Waals surface area (Å²) in [6.45, 7) is 1.52. The largest absolute Gasteiger partial charge is 0.496 e. The van der Waals surface area contributed by atoms with Gasteiger partial charge in [-0.1, -0.05) is 24.6 Å². The van der Waals surface area contributed by atoms with Crippen LogP contribution in [0.1, 0.15) is 24.8 Å². The van der Waals surface area contributed by atoms with E-state index in [4.69, 9.17) is 4.74 Å². The highest BCUT2D eigenvalue weighted by Crippen LogP contribution is 2.37. The molecule has 0 aromatic heterocycles. The van der Waals surface area contributed by atoms with Crippen molar-refractivity contribution in [3.8, 4) is 5.75 Å². The summed E-state index contributed by atoms with van der Waals surface area (Å²) in [5, 5.41) is 6.43. The molecule has 1 aromatic carbocycles. The molecule has 2 fully saturated rings. The maximum atomic E-state index is 12.3. The summed E-state index contributed by atoms with van der Waals surface area (Å²) >= 11 is 0. The number of amides is 1. The second-order valence-corrected chi connectivity index (χ2v) is 5.77. The Kier molecular flexibility index (Phi) is 3.92. The Morgan fingerprint density at radius 1 is 1.40 bits per heavy atom. The number of para-hydroxylation sites is 1. The Morgan fingerprint density at radius 2 is 2.25 bits per heavy atom. The molecule has 1 aromatic rings. The van der Waals surface area contributed by atoms with Crippen LogP contribution in [0.2, 0.25) is 0 Å². The Labute approximate surface area is 119 Å². The van der Waals surface area contributed by atoms with E-state index in [0.717, 1.165) is 17.9 Å². The SMILES string of the molecule is COc1ccccc1CNC(=O)C1NCC2CCCC21. The van der Waals surface area contributed by atoms with E-state index >= 15 is 0 Å².